The Morgan fingerprint density at radius 2 is 1.12 bits per heavy atom. The lowest BCUT2D eigenvalue weighted by Gasteiger charge is -2.22. The first-order valence-electron chi connectivity index (χ1n) is 6.94. The second-order valence-electron chi connectivity index (χ2n) is 3.89. The number of aliphatic hydroxyl groups is 1. The molecule has 0 rings (SSSR count). The van der Waals surface area contributed by atoms with Gasteiger partial charge >= 0.3 is 11.9 Å². The Morgan fingerprint density at radius 1 is 0.769 bits per heavy atom. The number of ether oxygens (including phenoxy) is 7. The number of esters is 2. The van der Waals surface area contributed by atoms with Crippen molar-refractivity contribution in [1.82, 2.24) is 0 Å². The van der Waals surface area contributed by atoms with Crippen molar-refractivity contribution in [3.05, 3.63) is 0 Å². The van der Waals surface area contributed by atoms with Gasteiger partial charge in [-0.15, -0.1) is 0 Å². The van der Waals surface area contributed by atoms with Crippen molar-refractivity contribution in [3.8, 4) is 0 Å². The van der Waals surface area contributed by atoms with E-state index in [9.17, 15) is 14.4 Å². The number of Topliss-reactive ketones (excluding diaryl/α,β-unsaturated/α-hetero) is 1. The number of carbonyl (C=O) groups is 3. The zero-order valence-electron chi connectivity index (χ0n) is 17.1. The fraction of sp³-hybridized carbons (Fsp3) is 0.800. The van der Waals surface area contributed by atoms with Gasteiger partial charge in [0.2, 0.25) is 5.78 Å². The van der Waals surface area contributed by atoms with Gasteiger partial charge in [-0.1, -0.05) is 0 Å². The van der Waals surface area contributed by atoms with E-state index in [1.165, 1.54) is 56.7 Å². The van der Waals surface area contributed by atoms with Crippen LogP contribution < -0.4 is 0 Å². The van der Waals surface area contributed by atoms with Crippen LogP contribution in [-0.4, -0.2) is 92.0 Å². The van der Waals surface area contributed by atoms with E-state index in [1.807, 2.05) is 0 Å². The summed E-state index contributed by atoms with van der Waals surface area (Å²) in [5.74, 6) is -3.17. The average molecular weight is 388 g/mol. The highest BCUT2D eigenvalue weighted by Gasteiger charge is 2.34. The van der Waals surface area contributed by atoms with Crippen LogP contribution in [0.25, 0.3) is 0 Å². The standard InChI is InChI=1S/C6H12O4.C4H10O3.C4H6O3.CH4O/c1-6(9-3,10-4)5(7)8-2;1-5-4(6-2)7-3;1-3(5)4(6)7-2;1-2/h1-4H3;4H,1-3H3;1-2H3;2H,1H3. The molecule has 0 aliphatic rings. The van der Waals surface area contributed by atoms with E-state index in [2.05, 4.69) is 23.7 Å². The molecule has 0 saturated heterocycles. The Balaban J connectivity index is -0.000000136. The van der Waals surface area contributed by atoms with Crippen LogP contribution in [0.1, 0.15) is 13.8 Å². The molecule has 0 aromatic rings. The molecule has 0 aromatic heterocycles. The van der Waals surface area contributed by atoms with Gasteiger partial charge in [-0.2, -0.15) is 0 Å². The highest BCUT2D eigenvalue weighted by atomic mass is 16.8. The van der Waals surface area contributed by atoms with Crippen molar-refractivity contribution >= 4 is 17.7 Å². The molecule has 0 bridgehead atoms. The number of methoxy groups -OCH3 is 7. The normalized spacial score (nSPS) is 9.38. The Morgan fingerprint density at radius 3 is 1.15 bits per heavy atom. The lowest BCUT2D eigenvalue weighted by molar-refractivity contribution is -0.252. The van der Waals surface area contributed by atoms with Gasteiger partial charge in [0.25, 0.3) is 12.3 Å². The van der Waals surface area contributed by atoms with Crippen LogP contribution in [-0.2, 0) is 47.5 Å². The largest absolute Gasteiger partial charge is 0.465 e. The van der Waals surface area contributed by atoms with E-state index in [0.29, 0.717) is 0 Å². The predicted octanol–water partition coefficient (Wildman–Crippen LogP) is -0.265. The molecule has 0 saturated carbocycles. The van der Waals surface area contributed by atoms with Crippen molar-refractivity contribution in [3.63, 3.8) is 0 Å². The molecule has 0 heterocycles. The van der Waals surface area contributed by atoms with E-state index < -0.39 is 30.0 Å². The quantitative estimate of drug-likeness (QED) is 0.351. The number of hydrogen-bond donors (Lipinski definition) is 1. The summed E-state index contributed by atoms with van der Waals surface area (Å²) < 4.78 is 31.7. The maximum absolute atomic E-state index is 10.8. The van der Waals surface area contributed by atoms with Crippen LogP contribution in [0.5, 0.6) is 0 Å². The fourth-order valence-electron chi connectivity index (χ4n) is 0.868. The Kier molecular flexibility index (Phi) is 26.4. The lowest BCUT2D eigenvalue weighted by atomic mass is 10.3. The van der Waals surface area contributed by atoms with Gasteiger partial charge in [0.15, 0.2) is 0 Å². The first-order valence-corrected chi connectivity index (χ1v) is 6.94. The SMILES string of the molecule is CO.COC(=O)C(C)(OC)OC.COC(=O)C(C)=O.COC(OC)OC. The maximum atomic E-state index is 10.8. The fourth-order valence-corrected chi connectivity index (χ4v) is 0.868. The number of hydrogen-bond acceptors (Lipinski definition) is 11. The molecule has 0 aliphatic carbocycles. The molecular weight excluding hydrogens is 356 g/mol. The number of ketones is 1. The average Bonchev–Trinajstić information content (AvgIpc) is 2.69. The molecule has 158 valence electrons. The van der Waals surface area contributed by atoms with E-state index in [1.54, 1.807) is 0 Å². The first kappa shape index (κ1) is 32.1. The van der Waals surface area contributed by atoms with Crippen LogP contribution in [0.3, 0.4) is 0 Å². The zero-order chi connectivity index (χ0) is 21.8. The van der Waals surface area contributed by atoms with Crippen molar-refractivity contribution in [2.75, 3.05) is 56.9 Å². The summed E-state index contributed by atoms with van der Waals surface area (Å²) in [5.41, 5.74) is 0. The monoisotopic (exact) mass is 388 g/mol. The van der Waals surface area contributed by atoms with Crippen LogP contribution in [0.15, 0.2) is 0 Å². The number of rotatable bonds is 7. The molecule has 0 spiro atoms. The van der Waals surface area contributed by atoms with Gasteiger partial charge in [0.05, 0.1) is 14.2 Å². The van der Waals surface area contributed by atoms with Crippen molar-refractivity contribution in [1.29, 1.82) is 0 Å². The van der Waals surface area contributed by atoms with Gasteiger partial charge in [0, 0.05) is 56.5 Å². The molecule has 0 radical (unpaired) electrons. The molecule has 11 nitrogen and oxygen atoms in total. The molecule has 11 heteroatoms. The van der Waals surface area contributed by atoms with Crippen molar-refractivity contribution in [2.24, 2.45) is 0 Å². The molecule has 26 heavy (non-hydrogen) atoms. The topological polar surface area (TPSA) is 136 Å². The highest BCUT2D eigenvalue weighted by Crippen LogP contribution is 2.10. The predicted molar refractivity (Wildman–Crippen MR) is 90.1 cm³/mol. The minimum absolute atomic E-state index is 0.514. The van der Waals surface area contributed by atoms with E-state index in [-0.39, 0.29) is 0 Å². The minimum Gasteiger partial charge on any atom is -0.465 e. The van der Waals surface area contributed by atoms with Crippen LogP contribution >= 0.6 is 0 Å². The summed E-state index contributed by atoms with van der Waals surface area (Å²) >= 11 is 0. The van der Waals surface area contributed by atoms with Crippen LogP contribution in [0, 0.1) is 0 Å². The third-order valence-electron chi connectivity index (χ3n) is 2.39. The van der Waals surface area contributed by atoms with Gasteiger partial charge in [-0.25, -0.2) is 9.59 Å². The van der Waals surface area contributed by atoms with Gasteiger partial charge in [-0.05, 0) is 0 Å². The summed E-state index contributed by atoms with van der Waals surface area (Å²) in [6.07, 6.45) is 0. The Bertz CT molecular complexity index is 344. The van der Waals surface area contributed by atoms with E-state index in [0.717, 1.165) is 14.0 Å². The first-order chi connectivity index (χ1) is 12.1. The summed E-state index contributed by atoms with van der Waals surface area (Å²) in [6, 6.07) is 0. The summed E-state index contributed by atoms with van der Waals surface area (Å²) in [5, 5.41) is 7.00. The number of carbonyl (C=O) groups excluding carboxylic acids is 3. The second-order valence-corrected chi connectivity index (χ2v) is 3.89. The minimum atomic E-state index is -1.27. The van der Waals surface area contributed by atoms with Crippen LogP contribution in [0.4, 0.5) is 0 Å². The zero-order valence-corrected chi connectivity index (χ0v) is 17.1. The van der Waals surface area contributed by atoms with E-state index >= 15 is 0 Å². The summed E-state index contributed by atoms with van der Waals surface area (Å²) in [7, 11) is 10.7. The summed E-state index contributed by atoms with van der Waals surface area (Å²) in [6.45, 7) is 2.13. The molecular formula is C15H32O11. The molecule has 1 N–H and O–H groups in total. The number of aliphatic hydroxyl groups excluding tert-OH is 1. The second kappa shape index (κ2) is 21.4. The third kappa shape index (κ3) is 17.2. The maximum Gasteiger partial charge on any atom is 0.374 e. The van der Waals surface area contributed by atoms with Gasteiger partial charge < -0.3 is 38.3 Å². The highest BCUT2D eigenvalue weighted by molar-refractivity contribution is 6.32. The molecule has 0 aromatic carbocycles. The molecule has 0 fully saturated rings. The van der Waals surface area contributed by atoms with Gasteiger partial charge in [-0.3, -0.25) is 4.79 Å². The van der Waals surface area contributed by atoms with Gasteiger partial charge in [0.1, 0.15) is 0 Å². The molecule has 0 aliphatic heterocycles. The molecule has 0 atom stereocenters. The Labute approximate surface area is 154 Å². The smallest absolute Gasteiger partial charge is 0.374 e. The molecule has 0 amide bonds. The summed E-state index contributed by atoms with van der Waals surface area (Å²) in [4.78, 5) is 30.7. The molecule has 0 unspecified atom stereocenters. The van der Waals surface area contributed by atoms with Crippen molar-refractivity contribution in [2.45, 2.75) is 26.1 Å². The Hall–Kier alpha value is -1.63. The third-order valence-corrected chi connectivity index (χ3v) is 2.39. The van der Waals surface area contributed by atoms with Crippen molar-refractivity contribution < 1.29 is 52.6 Å². The lowest BCUT2D eigenvalue weighted by Crippen LogP contribution is -2.40. The van der Waals surface area contributed by atoms with E-state index in [4.69, 9.17) is 14.6 Å². The van der Waals surface area contributed by atoms with Crippen LogP contribution in [0.2, 0.25) is 0 Å².